The first-order valence-corrected chi connectivity index (χ1v) is 5.60. The van der Waals surface area contributed by atoms with Crippen molar-refractivity contribution in [2.45, 2.75) is 26.7 Å². The molecule has 1 aromatic heterocycles. The van der Waals surface area contributed by atoms with Crippen molar-refractivity contribution >= 4 is 10.8 Å². The smallest absolute Gasteiger partial charge is 0.258 e. The fourth-order valence-corrected chi connectivity index (χ4v) is 2.07. The van der Waals surface area contributed by atoms with Gasteiger partial charge in [-0.15, -0.1) is 0 Å². The summed E-state index contributed by atoms with van der Waals surface area (Å²) in [5.74, 6) is 0.427. The van der Waals surface area contributed by atoms with Crippen molar-refractivity contribution in [2.75, 3.05) is 0 Å². The van der Waals surface area contributed by atoms with Crippen molar-refractivity contribution in [3.05, 3.63) is 45.9 Å². The number of benzene rings is 1. The predicted octanol–water partition coefficient (Wildman–Crippen LogP) is 2.97. The molecule has 1 aromatic carbocycles. The first kappa shape index (κ1) is 10.9. The fourth-order valence-electron chi connectivity index (χ4n) is 2.07. The zero-order valence-corrected chi connectivity index (χ0v) is 10.2. The van der Waals surface area contributed by atoms with Crippen LogP contribution in [0.2, 0.25) is 0 Å². The van der Waals surface area contributed by atoms with Gasteiger partial charge in [-0.1, -0.05) is 31.5 Å². The molecule has 0 saturated heterocycles. The number of aryl methyl sites for hydroxylation is 2. The lowest BCUT2D eigenvalue weighted by atomic mass is 9.97. The molecule has 2 aromatic rings. The van der Waals surface area contributed by atoms with E-state index in [0.29, 0.717) is 5.92 Å². The van der Waals surface area contributed by atoms with Crippen LogP contribution < -0.4 is 5.56 Å². The molecule has 0 bridgehead atoms. The third-order valence-corrected chi connectivity index (χ3v) is 2.99. The molecular formula is C14H17NO. The van der Waals surface area contributed by atoms with Gasteiger partial charge >= 0.3 is 0 Å². The Morgan fingerprint density at radius 3 is 2.50 bits per heavy atom. The summed E-state index contributed by atoms with van der Waals surface area (Å²) in [7, 11) is 1.81. The molecule has 0 aliphatic carbocycles. The normalized spacial score (nSPS) is 11.3. The van der Waals surface area contributed by atoms with Gasteiger partial charge in [0.25, 0.3) is 5.56 Å². The second kappa shape index (κ2) is 3.78. The molecule has 0 aliphatic rings. The van der Waals surface area contributed by atoms with Gasteiger partial charge in [0.2, 0.25) is 0 Å². The summed E-state index contributed by atoms with van der Waals surface area (Å²) in [6.45, 7) is 6.37. The lowest BCUT2D eigenvalue weighted by Crippen LogP contribution is -2.17. The molecule has 0 spiro atoms. The van der Waals surface area contributed by atoms with Gasteiger partial charge in [0, 0.05) is 18.6 Å². The van der Waals surface area contributed by atoms with E-state index in [4.69, 9.17) is 0 Å². The van der Waals surface area contributed by atoms with Gasteiger partial charge in [-0.05, 0) is 29.9 Å². The average molecular weight is 215 g/mol. The molecule has 0 fully saturated rings. The zero-order valence-electron chi connectivity index (χ0n) is 10.2. The summed E-state index contributed by atoms with van der Waals surface area (Å²) in [6.07, 6.45) is 1.95. The van der Waals surface area contributed by atoms with Crippen LogP contribution >= 0.6 is 0 Å². The van der Waals surface area contributed by atoms with E-state index in [1.165, 1.54) is 11.1 Å². The largest absolute Gasteiger partial charge is 0.318 e. The number of fused-ring (bicyclic) bond motifs is 1. The Bertz CT molecular complexity index is 593. The molecule has 0 radical (unpaired) electrons. The van der Waals surface area contributed by atoms with Crippen LogP contribution in [0.15, 0.2) is 29.2 Å². The fraction of sp³-hybridized carbons (Fsp3) is 0.357. The second-order valence-corrected chi connectivity index (χ2v) is 4.70. The van der Waals surface area contributed by atoms with Crippen molar-refractivity contribution in [1.29, 1.82) is 0 Å². The molecule has 0 saturated carbocycles. The molecule has 0 unspecified atom stereocenters. The Balaban J connectivity index is 2.96. The lowest BCUT2D eigenvalue weighted by molar-refractivity contribution is 0.809. The van der Waals surface area contributed by atoms with E-state index in [1.807, 2.05) is 25.4 Å². The predicted molar refractivity (Wildman–Crippen MR) is 68.0 cm³/mol. The number of aromatic nitrogens is 1. The Morgan fingerprint density at radius 2 is 1.88 bits per heavy atom. The van der Waals surface area contributed by atoms with Crippen molar-refractivity contribution in [3.63, 3.8) is 0 Å². The Labute approximate surface area is 95.5 Å². The molecule has 1 heterocycles. The highest BCUT2D eigenvalue weighted by Gasteiger charge is 2.09. The molecule has 84 valence electrons. The topological polar surface area (TPSA) is 22.0 Å². The van der Waals surface area contributed by atoms with E-state index in [0.717, 1.165) is 10.8 Å². The van der Waals surface area contributed by atoms with Gasteiger partial charge in [-0.25, -0.2) is 0 Å². The second-order valence-electron chi connectivity index (χ2n) is 4.70. The monoisotopic (exact) mass is 215 g/mol. The minimum Gasteiger partial charge on any atom is -0.318 e. The van der Waals surface area contributed by atoms with E-state index >= 15 is 0 Å². The van der Waals surface area contributed by atoms with Crippen molar-refractivity contribution < 1.29 is 0 Å². The molecule has 16 heavy (non-hydrogen) atoms. The van der Waals surface area contributed by atoms with Crippen molar-refractivity contribution in [2.24, 2.45) is 7.05 Å². The first-order chi connectivity index (χ1) is 7.50. The molecule has 0 atom stereocenters. The molecule has 2 rings (SSSR count). The van der Waals surface area contributed by atoms with Crippen LogP contribution in [0.3, 0.4) is 0 Å². The van der Waals surface area contributed by atoms with Crippen LogP contribution in [-0.2, 0) is 7.05 Å². The first-order valence-electron chi connectivity index (χ1n) is 5.60. The van der Waals surface area contributed by atoms with Crippen LogP contribution in [0.1, 0.15) is 30.9 Å². The number of hydrogen-bond donors (Lipinski definition) is 0. The summed E-state index contributed by atoms with van der Waals surface area (Å²) in [6, 6.07) is 6.03. The minimum atomic E-state index is 0.0828. The molecule has 0 N–H and O–H groups in total. The SMILES string of the molecule is Cc1ccc2c(=O)n(C)cc(C(C)C)c2c1. The summed E-state index contributed by atoms with van der Waals surface area (Å²) < 4.78 is 1.67. The van der Waals surface area contributed by atoms with E-state index in [9.17, 15) is 4.79 Å². The van der Waals surface area contributed by atoms with E-state index in [2.05, 4.69) is 26.8 Å². The Hall–Kier alpha value is -1.57. The maximum Gasteiger partial charge on any atom is 0.258 e. The van der Waals surface area contributed by atoms with Crippen LogP contribution in [0.4, 0.5) is 0 Å². The van der Waals surface area contributed by atoms with Gasteiger partial charge in [0.1, 0.15) is 0 Å². The lowest BCUT2D eigenvalue weighted by Gasteiger charge is -2.12. The maximum atomic E-state index is 12.0. The molecule has 0 aliphatic heterocycles. The molecule has 0 amide bonds. The number of pyridine rings is 1. The van der Waals surface area contributed by atoms with Gasteiger partial charge < -0.3 is 4.57 Å². The van der Waals surface area contributed by atoms with Gasteiger partial charge in [-0.3, -0.25) is 4.79 Å². The van der Waals surface area contributed by atoms with Crippen molar-refractivity contribution in [1.82, 2.24) is 4.57 Å². The maximum absolute atomic E-state index is 12.0. The minimum absolute atomic E-state index is 0.0828. The highest BCUT2D eigenvalue weighted by atomic mass is 16.1. The van der Waals surface area contributed by atoms with Crippen LogP contribution in [0.5, 0.6) is 0 Å². The van der Waals surface area contributed by atoms with Crippen LogP contribution in [-0.4, -0.2) is 4.57 Å². The van der Waals surface area contributed by atoms with Gasteiger partial charge in [0.15, 0.2) is 0 Å². The van der Waals surface area contributed by atoms with Gasteiger partial charge in [0.05, 0.1) is 0 Å². The average Bonchev–Trinajstić information content (AvgIpc) is 2.22. The van der Waals surface area contributed by atoms with E-state index < -0.39 is 0 Å². The third-order valence-electron chi connectivity index (χ3n) is 2.99. The Morgan fingerprint density at radius 1 is 1.19 bits per heavy atom. The highest BCUT2D eigenvalue weighted by molar-refractivity contribution is 5.85. The summed E-state index contributed by atoms with van der Waals surface area (Å²) in [4.78, 5) is 12.0. The van der Waals surface area contributed by atoms with Crippen LogP contribution in [0.25, 0.3) is 10.8 Å². The summed E-state index contributed by atoms with van der Waals surface area (Å²) in [5, 5.41) is 1.91. The summed E-state index contributed by atoms with van der Waals surface area (Å²) >= 11 is 0. The molecule has 2 nitrogen and oxygen atoms in total. The molecular weight excluding hydrogens is 198 g/mol. The molecule has 2 heteroatoms. The van der Waals surface area contributed by atoms with E-state index in [1.54, 1.807) is 4.57 Å². The van der Waals surface area contributed by atoms with Crippen molar-refractivity contribution in [3.8, 4) is 0 Å². The zero-order chi connectivity index (χ0) is 11.9. The number of hydrogen-bond acceptors (Lipinski definition) is 1. The highest BCUT2D eigenvalue weighted by Crippen LogP contribution is 2.23. The number of nitrogens with zero attached hydrogens (tertiary/aromatic N) is 1. The van der Waals surface area contributed by atoms with E-state index in [-0.39, 0.29) is 5.56 Å². The Kier molecular flexibility index (Phi) is 2.58. The number of rotatable bonds is 1. The quantitative estimate of drug-likeness (QED) is 0.716. The standard InChI is InChI=1S/C14H17NO/c1-9(2)13-8-15(4)14(16)11-6-5-10(3)7-12(11)13/h5-9H,1-4H3. The van der Waals surface area contributed by atoms with Gasteiger partial charge in [-0.2, -0.15) is 0 Å². The third kappa shape index (κ3) is 1.64. The van der Waals surface area contributed by atoms with Crippen LogP contribution in [0, 0.1) is 6.92 Å². The summed E-state index contributed by atoms with van der Waals surface area (Å²) in [5.41, 5.74) is 2.52.